The fraction of sp³-hybridized carbons (Fsp3) is 0.600. The van der Waals surface area contributed by atoms with Crippen molar-refractivity contribution in [3.63, 3.8) is 0 Å². The molecular weight excluding hydrogens is 224 g/mol. The predicted molar refractivity (Wildman–Crippen MR) is 76.9 cm³/mol. The molecule has 1 atom stereocenters. The third-order valence-electron chi connectivity index (χ3n) is 3.79. The van der Waals surface area contributed by atoms with E-state index >= 15 is 0 Å². The summed E-state index contributed by atoms with van der Waals surface area (Å²) in [6.07, 6.45) is 0. The molecule has 1 aromatic carbocycles. The van der Waals surface area contributed by atoms with Gasteiger partial charge >= 0.3 is 0 Å². The van der Waals surface area contributed by atoms with Crippen LogP contribution in [0.4, 0.5) is 0 Å². The number of nitrogens with two attached hydrogens (primary N) is 1. The minimum atomic E-state index is -0.0735. The van der Waals surface area contributed by atoms with Crippen LogP contribution in [-0.4, -0.2) is 30.6 Å². The summed E-state index contributed by atoms with van der Waals surface area (Å²) in [5, 5.41) is 0. The monoisotopic (exact) mass is 250 g/mol. The fourth-order valence-electron chi connectivity index (χ4n) is 2.48. The summed E-state index contributed by atoms with van der Waals surface area (Å²) in [7, 11) is 1.68. The third kappa shape index (κ3) is 3.03. The summed E-state index contributed by atoms with van der Waals surface area (Å²) in [5.74, 6) is 0.860. The Morgan fingerprint density at radius 2 is 1.89 bits per heavy atom. The highest BCUT2D eigenvalue weighted by molar-refractivity contribution is 5.32. The average molecular weight is 250 g/mol. The van der Waals surface area contributed by atoms with Crippen molar-refractivity contribution in [2.24, 2.45) is 5.73 Å². The molecule has 0 saturated carbocycles. The zero-order valence-electron chi connectivity index (χ0n) is 12.2. The lowest BCUT2D eigenvalue weighted by Gasteiger charge is -2.42. The largest absolute Gasteiger partial charge is 0.497 e. The van der Waals surface area contributed by atoms with Crippen LogP contribution in [0, 0.1) is 0 Å². The second-order valence-electron chi connectivity index (χ2n) is 5.08. The first-order chi connectivity index (χ1) is 8.47. The molecule has 0 spiro atoms. The predicted octanol–water partition coefficient (Wildman–Crippen LogP) is 2.82. The van der Waals surface area contributed by atoms with Gasteiger partial charge in [-0.2, -0.15) is 0 Å². The first kappa shape index (κ1) is 15.0. The van der Waals surface area contributed by atoms with E-state index in [2.05, 4.69) is 38.7 Å². The molecule has 0 saturated heterocycles. The molecule has 0 radical (unpaired) electrons. The van der Waals surface area contributed by atoms with Crippen LogP contribution < -0.4 is 10.5 Å². The van der Waals surface area contributed by atoms with Gasteiger partial charge in [-0.3, -0.25) is 4.90 Å². The van der Waals surface area contributed by atoms with Crippen molar-refractivity contribution in [3.8, 4) is 5.75 Å². The Balaban J connectivity index is 3.00. The number of ether oxygens (including phenoxy) is 1. The Kier molecular flexibility index (Phi) is 5.17. The average Bonchev–Trinajstić information content (AvgIpc) is 2.39. The molecule has 1 aromatic rings. The van der Waals surface area contributed by atoms with Gasteiger partial charge in [0, 0.05) is 11.6 Å². The van der Waals surface area contributed by atoms with Crippen molar-refractivity contribution in [1.29, 1.82) is 0 Å². The first-order valence-electron chi connectivity index (χ1n) is 6.61. The molecule has 0 heterocycles. The lowest BCUT2D eigenvalue weighted by atomic mass is 9.87. The van der Waals surface area contributed by atoms with Gasteiger partial charge in [0.15, 0.2) is 0 Å². The standard InChI is InChI=1S/C15H26N2O/c1-6-17(7-2)15(3,4)14(16)12-9-8-10-13(11-12)18-5/h8-11,14H,6-7,16H2,1-5H3. The van der Waals surface area contributed by atoms with E-state index in [9.17, 15) is 0 Å². The van der Waals surface area contributed by atoms with Gasteiger partial charge in [0.25, 0.3) is 0 Å². The summed E-state index contributed by atoms with van der Waals surface area (Å²) < 4.78 is 5.26. The molecule has 0 amide bonds. The summed E-state index contributed by atoms with van der Waals surface area (Å²) in [5.41, 5.74) is 7.49. The van der Waals surface area contributed by atoms with Crippen molar-refractivity contribution in [1.82, 2.24) is 4.90 Å². The quantitative estimate of drug-likeness (QED) is 0.843. The van der Waals surface area contributed by atoms with Gasteiger partial charge in [-0.1, -0.05) is 26.0 Å². The van der Waals surface area contributed by atoms with Crippen LogP contribution in [-0.2, 0) is 0 Å². The summed E-state index contributed by atoms with van der Waals surface area (Å²) in [4.78, 5) is 2.39. The number of rotatable bonds is 6. The lowest BCUT2D eigenvalue weighted by Crippen LogP contribution is -2.51. The zero-order chi connectivity index (χ0) is 13.8. The molecule has 18 heavy (non-hydrogen) atoms. The van der Waals surface area contributed by atoms with Gasteiger partial charge in [0.05, 0.1) is 7.11 Å². The number of benzene rings is 1. The zero-order valence-corrected chi connectivity index (χ0v) is 12.2. The van der Waals surface area contributed by atoms with Gasteiger partial charge in [0.2, 0.25) is 0 Å². The van der Waals surface area contributed by atoms with Crippen LogP contribution in [0.5, 0.6) is 5.75 Å². The van der Waals surface area contributed by atoms with Crippen molar-refractivity contribution in [2.45, 2.75) is 39.3 Å². The van der Waals surface area contributed by atoms with Crippen molar-refractivity contribution < 1.29 is 4.74 Å². The second kappa shape index (κ2) is 6.21. The van der Waals surface area contributed by atoms with Gasteiger partial charge in [-0.15, -0.1) is 0 Å². The number of methoxy groups -OCH3 is 1. The molecular formula is C15H26N2O. The molecule has 3 nitrogen and oxygen atoms in total. The van der Waals surface area contributed by atoms with Crippen LogP contribution >= 0.6 is 0 Å². The number of likely N-dealkylation sites (N-methyl/N-ethyl adjacent to an activating group) is 1. The summed E-state index contributed by atoms with van der Waals surface area (Å²) in [6.45, 7) is 10.7. The smallest absolute Gasteiger partial charge is 0.119 e. The normalized spacial score (nSPS) is 13.7. The highest BCUT2D eigenvalue weighted by Crippen LogP contribution is 2.30. The van der Waals surface area contributed by atoms with Crippen molar-refractivity contribution in [3.05, 3.63) is 29.8 Å². The van der Waals surface area contributed by atoms with E-state index in [1.165, 1.54) is 0 Å². The Bertz CT molecular complexity index is 373. The van der Waals surface area contributed by atoms with Crippen LogP contribution in [0.3, 0.4) is 0 Å². The number of hydrogen-bond donors (Lipinski definition) is 1. The molecule has 0 fully saturated rings. The van der Waals surface area contributed by atoms with Gasteiger partial charge in [0.1, 0.15) is 5.75 Å². The van der Waals surface area contributed by atoms with Crippen LogP contribution in [0.25, 0.3) is 0 Å². The maximum atomic E-state index is 6.45. The maximum Gasteiger partial charge on any atom is 0.119 e. The molecule has 1 unspecified atom stereocenters. The van der Waals surface area contributed by atoms with E-state index in [-0.39, 0.29) is 11.6 Å². The van der Waals surface area contributed by atoms with E-state index < -0.39 is 0 Å². The first-order valence-corrected chi connectivity index (χ1v) is 6.61. The Morgan fingerprint density at radius 1 is 1.28 bits per heavy atom. The molecule has 102 valence electrons. The fourth-order valence-corrected chi connectivity index (χ4v) is 2.48. The maximum absolute atomic E-state index is 6.45. The topological polar surface area (TPSA) is 38.5 Å². The molecule has 0 aliphatic heterocycles. The molecule has 0 aliphatic rings. The van der Waals surface area contributed by atoms with E-state index in [0.717, 1.165) is 24.4 Å². The van der Waals surface area contributed by atoms with Crippen molar-refractivity contribution in [2.75, 3.05) is 20.2 Å². The summed E-state index contributed by atoms with van der Waals surface area (Å²) >= 11 is 0. The van der Waals surface area contributed by atoms with E-state index in [1.807, 2.05) is 18.2 Å². The Hall–Kier alpha value is -1.06. The highest BCUT2D eigenvalue weighted by Gasteiger charge is 2.32. The van der Waals surface area contributed by atoms with Crippen molar-refractivity contribution >= 4 is 0 Å². The lowest BCUT2D eigenvalue weighted by molar-refractivity contribution is 0.107. The SMILES string of the molecule is CCN(CC)C(C)(C)C(N)c1cccc(OC)c1. The van der Waals surface area contributed by atoms with E-state index in [1.54, 1.807) is 7.11 Å². The van der Waals surface area contributed by atoms with E-state index in [4.69, 9.17) is 10.5 Å². The van der Waals surface area contributed by atoms with Gasteiger partial charge in [-0.25, -0.2) is 0 Å². The molecule has 0 aliphatic carbocycles. The minimum Gasteiger partial charge on any atom is -0.497 e. The van der Waals surface area contributed by atoms with Crippen LogP contribution in [0.15, 0.2) is 24.3 Å². The third-order valence-corrected chi connectivity index (χ3v) is 3.79. The van der Waals surface area contributed by atoms with Crippen LogP contribution in [0.1, 0.15) is 39.3 Å². The minimum absolute atomic E-state index is 0.0347. The molecule has 0 bridgehead atoms. The highest BCUT2D eigenvalue weighted by atomic mass is 16.5. The summed E-state index contributed by atoms with van der Waals surface area (Å²) in [6, 6.07) is 7.99. The molecule has 0 aromatic heterocycles. The Labute approximate surface area is 111 Å². The Morgan fingerprint density at radius 3 is 2.39 bits per heavy atom. The number of hydrogen-bond acceptors (Lipinski definition) is 3. The van der Waals surface area contributed by atoms with Gasteiger partial charge < -0.3 is 10.5 Å². The molecule has 1 rings (SSSR count). The molecule has 2 N–H and O–H groups in total. The second-order valence-corrected chi connectivity index (χ2v) is 5.08. The van der Waals surface area contributed by atoms with Gasteiger partial charge in [-0.05, 0) is 44.6 Å². The number of nitrogens with zero attached hydrogens (tertiary/aromatic N) is 1. The molecule has 3 heteroatoms. The van der Waals surface area contributed by atoms with Crippen LogP contribution in [0.2, 0.25) is 0 Å². The van der Waals surface area contributed by atoms with E-state index in [0.29, 0.717) is 0 Å².